The van der Waals surface area contributed by atoms with Crippen molar-refractivity contribution in [2.24, 2.45) is 0 Å². The molecule has 1 aromatic carbocycles. The van der Waals surface area contributed by atoms with Gasteiger partial charge in [-0.05, 0) is 32.9 Å². The van der Waals surface area contributed by atoms with E-state index in [0.717, 1.165) is 26.4 Å². The number of H-pyrrole nitrogens is 1. The summed E-state index contributed by atoms with van der Waals surface area (Å²) in [5, 5.41) is 0.814. The first kappa shape index (κ1) is 19.0. The molecule has 0 saturated heterocycles. The van der Waals surface area contributed by atoms with Gasteiger partial charge in [0.25, 0.3) is 0 Å². The SMILES string of the molecule is Cc1cc(C(=O)CCC(=O)OCC(=O)c2c(C)[nH]c3ccccc23)c(C)s1. The molecule has 27 heavy (non-hydrogen) atoms. The molecular weight excluding hydrogens is 362 g/mol. The number of nitrogens with one attached hydrogen (secondary N) is 1. The average Bonchev–Trinajstić information content (AvgIpc) is 3.15. The Morgan fingerprint density at radius 2 is 1.78 bits per heavy atom. The molecule has 1 N–H and O–H groups in total. The van der Waals surface area contributed by atoms with Gasteiger partial charge in [-0.1, -0.05) is 18.2 Å². The third-order valence-electron chi connectivity index (χ3n) is 4.43. The second-order valence-electron chi connectivity index (χ2n) is 6.50. The van der Waals surface area contributed by atoms with Crippen molar-refractivity contribution in [3.63, 3.8) is 0 Å². The van der Waals surface area contributed by atoms with Crippen LogP contribution in [0.1, 0.15) is 49.0 Å². The second-order valence-corrected chi connectivity index (χ2v) is 7.96. The molecule has 0 unspecified atom stereocenters. The Balaban J connectivity index is 1.56. The van der Waals surface area contributed by atoms with Crippen LogP contribution in [0.2, 0.25) is 0 Å². The number of ether oxygens (including phenoxy) is 1. The summed E-state index contributed by atoms with van der Waals surface area (Å²) in [6, 6.07) is 9.35. The third kappa shape index (κ3) is 4.17. The van der Waals surface area contributed by atoms with Gasteiger partial charge >= 0.3 is 5.97 Å². The van der Waals surface area contributed by atoms with Gasteiger partial charge in [0, 0.05) is 43.9 Å². The zero-order valence-electron chi connectivity index (χ0n) is 15.5. The van der Waals surface area contributed by atoms with Crippen LogP contribution in [0.15, 0.2) is 30.3 Å². The summed E-state index contributed by atoms with van der Waals surface area (Å²) in [4.78, 5) is 41.9. The molecule has 5 nitrogen and oxygen atoms in total. The Morgan fingerprint density at radius 1 is 1.04 bits per heavy atom. The van der Waals surface area contributed by atoms with Crippen molar-refractivity contribution in [1.82, 2.24) is 4.98 Å². The normalized spacial score (nSPS) is 10.9. The summed E-state index contributed by atoms with van der Waals surface area (Å²) >= 11 is 1.56. The van der Waals surface area contributed by atoms with E-state index in [2.05, 4.69) is 4.98 Å². The van der Waals surface area contributed by atoms with E-state index in [1.807, 2.05) is 51.1 Å². The number of thiophene rings is 1. The smallest absolute Gasteiger partial charge is 0.306 e. The van der Waals surface area contributed by atoms with Crippen LogP contribution in [-0.2, 0) is 9.53 Å². The molecule has 0 amide bonds. The molecular formula is C21H21NO4S. The van der Waals surface area contributed by atoms with Crippen LogP contribution in [0, 0.1) is 20.8 Å². The zero-order valence-corrected chi connectivity index (χ0v) is 16.4. The standard InChI is InChI=1S/C21H21NO4S/c1-12-10-16(14(3)27-12)18(23)8-9-20(25)26-11-19(24)21-13(2)22-17-7-5-4-6-15(17)21/h4-7,10,22H,8-9,11H2,1-3H3. The maximum atomic E-state index is 12.5. The number of para-hydroxylation sites is 1. The molecule has 3 aromatic rings. The monoisotopic (exact) mass is 383 g/mol. The van der Waals surface area contributed by atoms with Crippen LogP contribution in [0.25, 0.3) is 10.9 Å². The number of carbonyl (C=O) groups is 3. The molecule has 0 fully saturated rings. The lowest BCUT2D eigenvalue weighted by molar-refractivity contribution is -0.142. The van der Waals surface area contributed by atoms with Crippen molar-refractivity contribution in [3.8, 4) is 0 Å². The van der Waals surface area contributed by atoms with Crippen LogP contribution in [0.5, 0.6) is 0 Å². The summed E-state index contributed by atoms with van der Waals surface area (Å²) in [6.07, 6.45) is 0.0451. The van der Waals surface area contributed by atoms with E-state index < -0.39 is 5.97 Å². The van der Waals surface area contributed by atoms with E-state index in [9.17, 15) is 14.4 Å². The molecule has 3 rings (SSSR count). The maximum Gasteiger partial charge on any atom is 0.306 e. The van der Waals surface area contributed by atoms with Crippen LogP contribution >= 0.6 is 11.3 Å². The van der Waals surface area contributed by atoms with Crippen molar-refractivity contribution < 1.29 is 19.1 Å². The molecule has 0 bridgehead atoms. The second kappa shape index (κ2) is 7.88. The lowest BCUT2D eigenvalue weighted by atomic mass is 10.1. The quantitative estimate of drug-likeness (QED) is 0.480. The number of rotatable bonds is 7. The molecule has 0 radical (unpaired) electrons. The molecule has 0 aliphatic heterocycles. The van der Waals surface area contributed by atoms with Gasteiger partial charge in [-0.15, -0.1) is 11.3 Å². The molecule has 6 heteroatoms. The van der Waals surface area contributed by atoms with Crippen molar-refractivity contribution >= 4 is 39.8 Å². The van der Waals surface area contributed by atoms with Crippen molar-refractivity contribution in [3.05, 3.63) is 56.9 Å². The van der Waals surface area contributed by atoms with E-state index in [4.69, 9.17) is 4.74 Å². The van der Waals surface area contributed by atoms with Gasteiger partial charge in [0.2, 0.25) is 5.78 Å². The molecule has 0 saturated carbocycles. The van der Waals surface area contributed by atoms with Gasteiger partial charge in [0.15, 0.2) is 12.4 Å². The minimum atomic E-state index is -0.543. The van der Waals surface area contributed by atoms with Crippen LogP contribution in [-0.4, -0.2) is 29.1 Å². The number of fused-ring (bicyclic) bond motifs is 1. The van der Waals surface area contributed by atoms with Crippen molar-refractivity contribution in [2.45, 2.75) is 33.6 Å². The largest absolute Gasteiger partial charge is 0.457 e. The van der Waals surface area contributed by atoms with Gasteiger partial charge in [-0.3, -0.25) is 14.4 Å². The van der Waals surface area contributed by atoms with Gasteiger partial charge < -0.3 is 9.72 Å². The summed E-state index contributed by atoms with van der Waals surface area (Å²) in [5.74, 6) is -0.875. The maximum absolute atomic E-state index is 12.5. The topological polar surface area (TPSA) is 76.2 Å². The highest BCUT2D eigenvalue weighted by Crippen LogP contribution is 2.23. The molecule has 2 aromatic heterocycles. The van der Waals surface area contributed by atoms with E-state index in [1.165, 1.54) is 0 Å². The highest BCUT2D eigenvalue weighted by atomic mass is 32.1. The Labute approximate surface area is 161 Å². The first-order valence-corrected chi connectivity index (χ1v) is 9.55. The number of esters is 1. The lowest BCUT2D eigenvalue weighted by Crippen LogP contribution is -2.15. The van der Waals surface area contributed by atoms with Gasteiger partial charge in [-0.2, -0.15) is 0 Å². The Bertz CT molecular complexity index is 1030. The van der Waals surface area contributed by atoms with E-state index >= 15 is 0 Å². The lowest BCUT2D eigenvalue weighted by Gasteiger charge is -2.05. The zero-order chi connectivity index (χ0) is 19.6. The van der Waals surface area contributed by atoms with Crippen molar-refractivity contribution in [2.75, 3.05) is 6.61 Å². The summed E-state index contributed by atoms with van der Waals surface area (Å²) in [6.45, 7) is 5.33. The molecule has 0 atom stereocenters. The fourth-order valence-electron chi connectivity index (χ4n) is 3.18. The molecule has 0 aliphatic carbocycles. The number of hydrogen-bond donors (Lipinski definition) is 1. The van der Waals surface area contributed by atoms with Crippen LogP contribution < -0.4 is 0 Å². The number of ketones is 2. The summed E-state index contributed by atoms with van der Waals surface area (Å²) < 4.78 is 5.10. The Kier molecular flexibility index (Phi) is 5.56. The molecule has 0 spiro atoms. The number of Topliss-reactive ketones (excluding diaryl/α,β-unsaturated/α-hetero) is 2. The number of hydrogen-bond acceptors (Lipinski definition) is 5. The predicted molar refractivity (Wildman–Crippen MR) is 106 cm³/mol. The fourth-order valence-corrected chi connectivity index (χ4v) is 4.13. The van der Waals surface area contributed by atoms with Gasteiger partial charge in [-0.25, -0.2) is 0 Å². The number of aryl methyl sites for hydroxylation is 3. The third-order valence-corrected chi connectivity index (χ3v) is 5.40. The highest BCUT2D eigenvalue weighted by Gasteiger charge is 2.18. The average molecular weight is 383 g/mol. The van der Waals surface area contributed by atoms with E-state index in [-0.39, 0.29) is 31.0 Å². The van der Waals surface area contributed by atoms with E-state index in [1.54, 1.807) is 11.3 Å². The van der Waals surface area contributed by atoms with Crippen LogP contribution in [0.3, 0.4) is 0 Å². The fraction of sp³-hybridized carbons (Fsp3) is 0.286. The number of carbonyl (C=O) groups excluding carboxylic acids is 3. The van der Waals surface area contributed by atoms with Gasteiger partial charge in [0.05, 0.1) is 6.42 Å². The first-order valence-electron chi connectivity index (χ1n) is 8.73. The summed E-state index contributed by atoms with van der Waals surface area (Å²) in [7, 11) is 0. The van der Waals surface area contributed by atoms with Crippen molar-refractivity contribution in [1.29, 1.82) is 0 Å². The number of aromatic nitrogens is 1. The minimum absolute atomic E-state index is 0.0344. The minimum Gasteiger partial charge on any atom is -0.457 e. The van der Waals surface area contributed by atoms with Gasteiger partial charge in [0.1, 0.15) is 0 Å². The first-order chi connectivity index (χ1) is 12.9. The Hall–Kier alpha value is -2.73. The molecule has 140 valence electrons. The Morgan fingerprint density at radius 3 is 2.48 bits per heavy atom. The number of aromatic amines is 1. The molecule has 0 aliphatic rings. The highest BCUT2D eigenvalue weighted by molar-refractivity contribution is 7.12. The van der Waals surface area contributed by atoms with E-state index in [0.29, 0.717) is 11.1 Å². The number of benzene rings is 1. The predicted octanol–water partition coefficient (Wildman–Crippen LogP) is 4.54. The van der Waals surface area contributed by atoms with Crippen LogP contribution in [0.4, 0.5) is 0 Å². The molecule has 2 heterocycles. The summed E-state index contributed by atoms with van der Waals surface area (Å²) in [5.41, 5.74) is 2.82.